The first-order valence-electron chi connectivity index (χ1n) is 7.57. The number of anilines is 1. The molecule has 0 fully saturated rings. The number of nitrogens with zero attached hydrogens (tertiary/aromatic N) is 4. The van der Waals surface area contributed by atoms with E-state index in [4.69, 9.17) is 5.11 Å². The minimum Gasteiger partial charge on any atom is -0.396 e. The van der Waals surface area contributed by atoms with Gasteiger partial charge in [-0.1, -0.05) is 6.07 Å². The predicted molar refractivity (Wildman–Crippen MR) is 102 cm³/mol. The van der Waals surface area contributed by atoms with E-state index in [1.807, 2.05) is 0 Å². The standard InChI is InChI=1S/C15H13N5O7S/c21-5-6-28-15-4-1-10(7-14(15)20(26)27)9-16-17-12-3-2-11(18(22)23)8-13(12)19(24)25/h1-4,7-9,17,21H,5-6H2. The molecule has 12 nitrogen and oxygen atoms in total. The third kappa shape index (κ3) is 5.21. The molecule has 0 amide bonds. The SMILES string of the molecule is O=[N+]([O-])c1ccc(NN=Cc2ccc(SCCO)c([N+](=O)[O-])c2)c([N+](=O)[O-])c1. The van der Waals surface area contributed by atoms with Gasteiger partial charge >= 0.3 is 5.69 Å². The van der Waals surface area contributed by atoms with Crippen LogP contribution in [0, 0.1) is 30.3 Å². The van der Waals surface area contributed by atoms with Crippen LogP contribution in [0.25, 0.3) is 0 Å². The second-order valence-corrected chi connectivity index (χ2v) is 6.28. The van der Waals surface area contributed by atoms with Gasteiger partial charge in [-0.25, -0.2) is 0 Å². The molecule has 0 saturated carbocycles. The van der Waals surface area contributed by atoms with Crippen LogP contribution in [0.3, 0.4) is 0 Å². The van der Waals surface area contributed by atoms with Gasteiger partial charge in [-0.2, -0.15) is 5.10 Å². The maximum Gasteiger partial charge on any atom is 0.301 e. The summed E-state index contributed by atoms with van der Waals surface area (Å²) in [6, 6.07) is 7.37. The summed E-state index contributed by atoms with van der Waals surface area (Å²) in [4.78, 5) is 31.3. The number of nitro groups is 3. The quantitative estimate of drug-likeness (QED) is 0.274. The van der Waals surface area contributed by atoms with Crippen molar-refractivity contribution >= 4 is 40.7 Å². The number of benzene rings is 2. The Labute approximate surface area is 161 Å². The lowest BCUT2D eigenvalue weighted by Gasteiger charge is -2.04. The summed E-state index contributed by atoms with van der Waals surface area (Å²) >= 11 is 1.13. The molecule has 13 heteroatoms. The lowest BCUT2D eigenvalue weighted by Crippen LogP contribution is -1.99. The highest BCUT2D eigenvalue weighted by molar-refractivity contribution is 7.99. The zero-order valence-corrected chi connectivity index (χ0v) is 14.9. The summed E-state index contributed by atoms with van der Waals surface area (Å²) in [6.07, 6.45) is 1.22. The van der Waals surface area contributed by atoms with Gasteiger partial charge in [-0.05, 0) is 12.1 Å². The third-order valence-corrected chi connectivity index (χ3v) is 4.36. The minimum atomic E-state index is -0.789. The Balaban J connectivity index is 2.23. The Morgan fingerprint density at radius 2 is 1.71 bits per heavy atom. The summed E-state index contributed by atoms with van der Waals surface area (Å²) in [6.45, 7) is -0.122. The van der Waals surface area contributed by atoms with E-state index in [2.05, 4.69) is 10.5 Å². The van der Waals surface area contributed by atoms with Crippen LogP contribution < -0.4 is 5.43 Å². The van der Waals surface area contributed by atoms with E-state index in [1.165, 1.54) is 18.3 Å². The zero-order valence-electron chi connectivity index (χ0n) is 14.0. The highest BCUT2D eigenvalue weighted by Gasteiger charge is 2.19. The first kappa shape index (κ1) is 20.7. The normalized spacial score (nSPS) is 10.8. The van der Waals surface area contributed by atoms with Crippen molar-refractivity contribution < 1.29 is 19.9 Å². The molecule has 2 rings (SSSR count). The van der Waals surface area contributed by atoms with E-state index in [9.17, 15) is 30.3 Å². The van der Waals surface area contributed by atoms with Crippen molar-refractivity contribution in [1.82, 2.24) is 0 Å². The molecule has 0 unspecified atom stereocenters. The zero-order chi connectivity index (χ0) is 20.7. The smallest absolute Gasteiger partial charge is 0.301 e. The van der Waals surface area contributed by atoms with Crippen LogP contribution >= 0.6 is 11.8 Å². The molecule has 146 valence electrons. The Morgan fingerprint density at radius 1 is 1.00 bits per heavy atom. The van der Waals surface area contributed by atoms with Crippen molar-refractivity contribution in [2.75, 3.05) is 17.8 Å². The molecule has 2 N–H and O–H groups in total. The summed E-state index contributed by atoms with van der Waals surface area (Å²) in [7, 11) is 0. The van der Waals surface area contributed by atoms with Crippen LogP contribution in [0.15, 0.2) is 46.4 Å². The van der Waals surface area contributed by atoms with Gasteiger partial charge in [0.05, 0.1) is 38.6 Å². The molecule has 0 saturated heterocycles. The molecule has 2 aromatic rings. The molecule has 0 aliphatic heterocycles. The molecular formula is C15H13N5O7S. The fourth-order valence-electron chi connectivity index (χ4n) is 2.09. The lowest BCUT2D eigenvalue weighted by molar-refractivity contribution is -0.393. The van der Waals surface area contributed by atoms with Gasteiger partial charge in [0.25, 0.3) is 11.4 Å². The van der Waals surface area contributed by atoms with Crippen LogP contribution in [0.4, 0.5) is 22.7 Å². The van der Waals surface area contributed by atoms with Crippen molar-refractivity contribution in [3.05, 3.63) is 72.3 Å². The number of rotatable bonds is 9. The maximum atomic E-state index is 11.2. The number of aliphatic hydroxyl groups is 1. The first-order valence-corrected chi connectivity index (χ1v) is 8.56. The Kier molecular flexibility index (Phi) is 6.95. The van der Waals surface area contributed by atoms with Gasteiger partial charge in [0.2, 0.25) is 0 Å². The number of thioether (sulfide) groups is 1. The molecule has 0 spiro atoms. The fourth-order valence-corrected chi connectivity index (χ4v) is 2.85. The number of aliphatic hydroxyl groups excluding tert-OH is 1. The Bertz CT molecular complexity index is 950. The van der Waals surface area contributed by atoms with Gasteiger partial charge in [-0.15, -0.1) is 11.8 Å². The average molecular weight is 407 g/mol. The lowest BCUT2D eigenvalue weighted by atomic mass is 10.2. The highest BCUT2D eigenvalue weighted by Crippen LogP contribution is 2.30. The number of non-ortho nitro benzene ring substituents is 1. The largest absolute Gasteiger partial charge is 0.396 e. The van der Waals surface area contributed by atoms with Crippen LogP contribution in [-0.2, 0) is 0 Å². The van der Waals surface area contributed by atoms with Crippen molar-refractivity contribution in [3.8, 4) is 0 Å². The summed E-state index contributed by atoms with van der Waals surface area (Å²) in [5, 5.41) is 45.6. The fraction of sp³-hybridized carbons (Fsp3) is 0.133. The molecule has 0 aliphatic rings. The molecule has 2 aromatic carbocycles. The molecule has 0 heterocycles. The number of hydrogen-bond acceptors (Lipinski definition) is 10. The predicted octanol–water partition coefficient (Wildman–Crippen LogP) is 2.94. The van der Waals surface area contributed by atoms with Crippen molar-refractivity contribution in [3.63, 3.8) is 0 Å². The van der Waals surface area contributed by atoms with E-state index in [0.717, 1.165) is 30.0 Å². The van der Waals surface area contributed by atoms with Crippen LogP contribution in [0.1, 0.15) is 5.56 Å². The van der Waals surface area contributed by atoms with Gasteiger partial charge < -0.3 is 5.11 Å². The molecule has 0 aromatic heterocycles. The molecule has 0 radical (unpaired) electrons. The number of hydrazone groups is 1. The van der Waals surface area contributed by atoms with Crippen LogP contribution in [-0.4, -0.2) is 38.5 Å². The Hall–Kier alpha value is -3.58. The van der Waals surface area contributed by atoms with E-state index >= 15 is 0 Å². The third-order valence-electron chi connectivity index (χ3n) is 3.32. The topological polar surface area (TPSA) is 174 Å². The molecule has 0 atom stereocenters. The van der Waals surface area contributed by atoms with Crippen LogP contribution in [0.2, 0.25) is 0 Å². The summed E-state index contributed by atoms with van der Waals surface area (Å²) < 4.78 is 0. The van der Waals surface area contributed by atoms with Crippen molar-refractivity contribution in [1.29, 1.82) is 0 Å². The number of hydrogen-bond donors (Lipinski definition) is 2. The van der Waals surface area contributed by atoms with Crippen molar-refractivity contribution in [2.45, 2.75) is 4.90 Å². The van der Waals surface area contributed by atoms with E-state index in [0.29, 0.717) is 16.2 Å². The molecule has 0 bridgehead atoms. The average Bonchev–Trinajstić information content (AvgIpc) is 2.66. The van der Waals surface area contributed by atoms with Gasteiger partial charge in [-0.3, -0.25) is 35.8 Å². The highest BCUT2D eigenvalue weighted by atomic mass is 32.2. The van der Waals surface area contributed by atoms with E-state index < -0.39 is 26.1 Å². The maximum absolute atomic E-state index is 11.2. The molecule has 0 aliphatic carbocycles. The minimum absolute atomic E-state index is 0.0727. The van der Waals surface area contributed by atoms with Crippen molar-refractivity contribution in [2.24, 2.45) is 5.10 Å². The second kappa shape index (κ2) is 9.38. The second-order valence-electron chi connectivity index (χ2n) is 5.14. The van der Waals surface area contributed by atoms with Gasteiger partial charge in [0.15, 0.2) is 0 Å². The van der Waals surface area contributed by atoms with E-state index in [1.54, 1.807) is 6.07 Å². The summed E-state index contributed by atoms with van der Waals surface area (Å²) in [5.41, 5.74) is 1.55. The number of nitro benzene ring substituents is 3. The summed E-state index contributed by atoms with van der Waals surface area (Å²) in [5.74, 6) is 0.305. The monoisotopic (exact) mass is 407 g/mol. The van der Waals surface area contributed by atoms with E-state index in [-0.39, 0.29) is 18.0 Å². The number of nitrogens with one attached hydrogen (secondary N) is 1. The van der Waals surface area contributed by atoms with Gasteiger partial charge in [0, 0.05) is 23.4 Å². The van der Waals surface area contributed by atoms with Gasteiger partial charge in [0.1, 0.15) is 5.69 Å². The van der Waals surface area contributed by atoms with Crippen LogP contribution in [0.5, 0.6) is 0 Å². The molecular weight excluding hydrogens is 394 g/mol. The molecule has 28 heavy (non-hydrogen) atoms. The Morgan fingerprint density at radius 3 is 2.32 bits per heavy atom. The first-order chi connectivity index (χ1) is 13.3.